The highest BCUT2D eigenvalue weighted by molar-refractivity contribution is 5.81. The van der Waals surface area contributed by atoms with Crippen molar-refractivity contribution in [1.82, 2.24) is 0 Å². The molecule has 2 bridgehead atoms. The van der Waals surface area contributed by atoms with Crippen molar-refractivity contribution in [3.63, 3.8) is 0 Å². The smallest absolute Gasteiger partial charge is 0.330 e. The number of fused-ring (bicyclic) bond motifs is 5. The average molecular weight is 304 g/mol. The van der Waals surface area contributed by atoms with E-state index in [1.54, 1.807) is 0 Å². The summed E-state index contributed by atoms with van der Waals surface area (Å²) >= 11 is 0. The summed E-state index contributed by atoms with van der Waals surface area (Å²) in [6.07, 6.45) is 7.23. The Kier molecular flexibility index (Phi) is 4.37. The van der Waals surface area contributed by atoms with Gasteiger partial charge >= 0.3 is 11.9 Å². The lowest BCUT2D eigenvalue weighted by atomic mass is 9.76. The van der Waals surface area contributed by atoms with Gasteiger partial charge in [-0.25, -0.2) is 9.59 Å². The molecule has 3 rings (SSSR count). The Morgan fingerprint density at radius 3 is 2.18 bits per heavy atom. The van der Waals surface area contributed by atoms with Crippen LogP contribution in [0.3, 0.4) is 0 Å². The van der Waals surface area contributed by atoms with Gasteiger partial charge in [0, 0.05) is 12.2 Å². The second-order valence-corrected chi connectivity index (χ2v) is 6.99. The van der Waals surface area contributed by atoms with Gasteiger partial charge in [0.1, 0.15) is 0 Å². The molecule has 22 heavy (non-hydrogen) atoms. The molecule has 6 unspecified atom stereocenters. The molecule has 4 nitrogen and oxygen atoms in total. The minimum atomic E-state index is -0.325. The van der Waals surface area contributed by atoms with E-state index in [9.17, 15) is 9.59 Å². The van der Waals surface area contributed by atoms with Crippen LogP contribution in [0.2, 0.25) is 0 Å². The summed E-state index contributed by atoms with van der Waals surface area (Å²) in [6, 6.07) is 0. The number of hydrogen-bond donors (Lipinski definition) is 0. The van der Waals surface area contributed by atoms with Crippen molar-refractivity contribution >= 4 is 11.9 Å². The number of hydrogen-bond acceptors (Lipinski definition) is 4. The number of carbonyl (C=O) groups is 2. The summed E-state index contributed by atoms with van der Waals surface area (Å²) in [5, 5.41) is 0. The molecule has 4 heteroatoms. The molecular formula is C18H24O4. The van der Waals surface area contributed by atoms with E-state index in [1.165, 1.54) is 31.4 Å². The molecule has 120 valence electrons. The van der Waals surface area contributed by atoms with Crippen LogP contribution in [0.5, 0.6) is 0 Å². The monoisotopic (exact) mass is 304 g/mol. The van der Waals surface area contributed by atoms with Crippen LogP contribution in [-0.4, -0.2) is 25.2 Å². The molecule has 0 aromatic rings. The number of carbonyl (C=O) groups excluding carboxylic acids is 2. The molecule has 0 aliphatic heterocycles. The molecule has 3 saturated carbocycles. The minimum Gasteiger partial charge on any atom is -0.462 e. The zero-order valence-corrected chi connectivity index (χ0v) is 12.9. The van der Waals surface area contributed by atoms with Gasteiger partial charge < -0.3 is 9.47 Å². The number of esters is 2. The van der Waals surface area contributed by atoms with Gasteiger partial charge in [0.25, 0.3) is 0 Å². The Morgan fingerprint density at radius 1 is 0.864 bits per heavy atom. The van der Waals surface area contributed by atoms with Crippen molar-refractivity contribution in [2.75, 3.05) is 13.2 Å². The normalized spacial score (nSPS) is 38.4. The summed E-state index contributed by atoms with van der Waals surface area (Å²) in [5.41, 5.74) is 0. The molecule has 0 radical (unpaired) electrons. The van der Waals surface area contributed by atoms with E-state index in [2.05, 4.69) is 13.2 Å². The van der Waals surface area contributed by atoms with Crippen molar-refractivity contribution in [3.05, 3.63) is 25.3 Å². The molecule has 0 aromatic carbocycles. The van der Waals surface area contributed by atoms with Crippen LogP contribution < -0.4 is 0 Å². The first-order valence-electron chi connectivity index (χ1n) is 8.20. The van der Waals surface area contributed by atoms with Crippen LogP contribution in [0, 0.1) is 35.5 Å². The second kappa shape index (κ2) is 6.27. The molecule has 0 N–H and O–H groups in total. The van der Waals surface area contributed by atoms with E-state index in [0.29, 0.717) is 31.0 Å². The van der Waals surface area contributed by atoms with Gasteiger partial charge in [0.2, 0.25) is 0 Å². The van der Waals surface area contributed by atoms with Gasteiger partial charge in [-0.1, -0.05) is 13.2 Å². The van der Waals surface area contributed by atoms with Crippen LogP contribution in [0.25, 0.3) is 0 Å². The quantitative estimate of drug-likeness (QED) is 0.559. The third kappa shape index (κ3) is 2.83. The maximum Gasteiger partial charge on any atom is 0.330 e. The van der Waals surface area contributed by atoms with Gasteiger partial charge in [-0.15, -0.1) is 0 Å². The Morgan fingerprint density at radius 2 is 1.50 bits per heavy atom. The van der Waals surface area contributed by atoms with E-state index >= 15 is 0 Å². The molecule has 6 atom stereocenters. The molecule has 0 amide bonds. The van der Waals surface area contributed by atoms with E-state index in [-0.39, 0.29) is 11.9 Å². The maximum absolute atomic E-state index is 11.2. The molecule has 0 heterocycles. The highest BCUT2D eigenvalue weighted by atomic mass is 16.5. The van der Waals surface area contributed by atoms with E-state index in [1.807, 2.05) is 0 Å². The molecule has 3 aliphatic carbocycles. The molecule has 3 fully saturated rings. The Balaban J connectivity index is 1.51. The Hall–Kier alpha value is -1.58. The van der Waals surface area contributed by atoms with Crippen LogP contribution >= 0.6 is 0 Å². The predicted molar refractivity (Wildman–Crippen MR) is 81.7 cm³/mol. The zero-order valence-electron chi connectivity index (χ0n) is 12.9. The first-order valence-corrected chi connectivity index (χ1v) is 8.20. The minimum absolute atomic E-state index is 0.319. The molecule has 0 aromatic heterocycles. The van der Waals surface area contributed by atoms with Gasteiger partial charge in [-0.3, -0.25) is 0 Å². The Labute approximate surface area is 131 Å². The fourth-order valence-corrected chi connectivity index (χ4v) is 5.16. The number of ether oxygens (including phenoxy) is 2. The summed E-state index contributed by atoms with van der Waals surface area (Å²) in [7, 11) is 0. The summed E-state index contributed by atoms with van der Waals surface area (Å²) < 4.78 is 10.5. The standard InChI is InChI=1S/C18H24O4/c1-3-17(19)21-9-11-5-14-12-7-13(10-22-18(20)4-2)15(8-12)16(14)6-11/h3-4,11-16H,1-2,5-10H2. The fourth-order valence-electron chi connectivity index (χ4n) is 5.16. The summed E-state index contributed by atoms with van der Waals surface area (Å²) in [4.78, 5) is 22.4. The SMILES string of the molecule is C=CC(=O)OCC1CC2C3CC(COC(=O)C=C)C(C3)C2C1. The first-order chi connectivity index (χ1) is 10.6. The predicted octanol–water partition coefficient (Wildman–Crippen LogP) is 2.74. The van der Waals surface area contributed by atoms with Crippen LogP contribution in [-0.2, 0) is 19.1 Å². The largest absolute Gasteiger partial charge is 0.462 e. The van der Waals surface area contributed by atoms with Crippen LogP contribution in [0.4, 0.5) is 0 Å². The topological polar surface area (TPSA) is 52.6 Å². The zero-order chi connectivity index (χ0) is 15.7. The highest BCUT2D eigenvalue weighted by Crippen LogP contribution is 2.62. The number of rotatable bonds is 6. The summed E-state index contributed by atoms with van der Waals surface area (Å²) in [6.45, 7) is 7.92. The maximum atomic E-state index is 11.2. The second-order valence-electron chi connectivity index (χ2n) is 6.99. The lowest BCUT2D eigenvalue weighted by Crippen LogP contribution is -2.28. The third-order valence-corrected chi connectivity index (χ3v) is 5.94. The fraction of sp³-hybridized carbons (Fsp3) is 0.667. The average Bonchev–Trinajstić information content (AvgIpc) is 3.20. The van der Waals surface area contributed by atoms with Crippen molar-refractivity contribution in [2.45, 2.75) is 25.7 Å². The lowest BCUT2D eigenvalue weighted by molar-refractivity contribution is -0.140. The van der Waals surface area contributed by atoms with E-state index < -0.39 is 0 Å². The molecule has 0 spiro atoms. The van der Waals surface area contributed by atoms with Gasteiger partial charge in [0.05, 0.1) is 13.2 Å². The van der Waals surface area contributed by atoms with Crippen molar-refractivity contribution in [3.8, 4) is 0 Å². The summed E-state index contributed by atoms with van der Waals surface area (Å²) in [5.74, 6) is 3.29. The van der Waals surface area contributed by atoms with Crippen molar-refractivity contribution in [1.29, 1.82) is 0 Å². The molecular weight excluding hydrogens is 280 g/mol. The van der Waals surface area contributed by atoms with E-state index in [4.69, 9.17) is 9.47 Å². The van der Waals surface area contributed by atoms with Crippen molar-refractivity contribution < 1.29 is 19.1 Å². The lowest BCUT2D eigenvalue weighted by Gasteiger charge is -2.31. The van der Waals surface area contributed by atoms with Gasteiger partial charge in [-0.05, 0) is 61.2 Å². The van der Waals surface area contributed by atoms with E-state index in [0.717, 1.165) is 24.2 Å². The van der Waals surface area contributed by atoms with Gasteiger partial charge in [0.15, 0.2) is 0 Å². The molecule has 0 saturated heterocycles. The van der Waals surface area contributed by atoms with Crippen LogP contribution in [0.1, 0.15) is 25.7 Å². The first kappa shape index (κ1) is 15.3. The van der Waals surface area contributed by atoms with Crippen LogP contribution in [0.15, 0.2) is 25.3 Å². The Bertz CT molecular complexity index is 483. The van der Waals surface area contributed by atoms with Gasteiger partial charge in [-0.2, -0.15) is 0 Å². The third-order valence-electron chi connectivity index (χ3n) is 5.94. The highest BCUT2D eigenvalue weighted by Gasteiger charge is 2.55. The van der Waals surface area contributed by atoms with Crippen molar-refractivity contribution in [2.24, 2.45) is 35.5 Å². The molecule has 3 aliphatic rings.